The minimum atomic E-state index is -0.904. The van der Waals surface area contributed by atoms with Gasteiger partial charge in [-0.05, 0) is 24.5 Å². The summed E-state index contributed by atoms with van der Waals surface area (Å²) in [6.45, 7) is 1.97. The third-order valence-corrected chi connectivity index (χ3v) is 3.64. The van der Waals surface area contributed by atoms with Crippen LogP contribution in [0.4, 0.5) is 0 Å². The fourth-order valence-electron chi connectivity index (χ4n) is 2.69. The molecule has 0 unspecified atom stereocenters. The van der Waals surface area contributed by atoms with Crippen molar-refractivity contribution in [3.8, 4) is 0 Å². The summed E-state index contributed by atoms with van der Waals surface area (Å²) in [6, 6.07) is 7.07. The van der Waals surface area contributed by atoms with Crippen LogP contribution in [-0.4, -0.2) is 41.1 Å². The van der Waals surface area contributed by atoms with E-state index in [2.05, 4.69) is 0 Å². The van der Waals surface area contributed by atoms with E-state index >= 15 is 0 Å². The van der Waals surface area contributed by atoms with Gasteiger partial charge in [0.15, 0.2) is 0 Å². The molecule has 19 heavy (non-hydrogen) atoms. The van der Waals surface area contributed by atoms with Crippen LogP contribution in [0, 0.1) is 5.92 Å². The fraction of sp³-hybridized carbons (Fsp3) is 0.500. The lowest BCUT2D eigenvalue weighted by Crippen LogP contribution is -2.44. The summed E-state index contributed by atoms with van der Waals surface area (Å²) in [5, 5.41) is 21.1. The van der Waals surface area contributed by atoms with E-state index in [1.165, 1.54) is 14.0 Å². The van der Waals surface area contributed by atoms with Crippen molar-refractivity contribution in [3.05, 3.63) is 35.4 Å². The topological polar surface area (TPSA) is 70.0 Å². The summed E-state index contributed by atoms with van der Waals surface area (Å²) in [7, 11) is 1.29. The summed E-state index contributed by atoms with van der Waals surface area (Å²) in [5.74, 6) is -1.33. The van der Waals surface area contributed by atoms with Gasteiger partial charge < -0.3 is 15.1 Å². The van der Waals surface area contributed by atoms with Gasteiger partial charge in [-0.1, -0.05) is 24.3 Å². The third-order valence-electron chi connectivity index (χ3n) is 3.64. The number of fused-ring (bicyclic) bond motifs is 1. The summed E-state index contributed by atoms with van der Waals surface area (Å²) in [6.07, 6.45) is -0.185. The number of benzene rings is 1. The van der Waals surface area contributed by atoms with Gasteiger partial charge in [-0.15, -0.1) is 0 Å². The van der Waals surface area contributed by atoms with Crippen molar-refractivity contribution in [1.82, 2.24) is 5.06 Å². The predicted octanol–water partition coefficient (Wildman–Crippen LogP) is 1.14. The Morgan fingerprint density at radius 1 is 1.47 bits per heavy atom. The number of ether oxygens (including phenoxy) is 1. The Morgan fingerprint density at radius 3 is 2.79 bits per heavy atom. The van der Waals surface area contributed by atoms with E-state index in [1.54, 1.807) is 0 Å². The van der Waals surface area contributed by atoms with E-state index in [-0.39, 0.29) is 0 Å². The van der Waals surface area contributed by atoms with E-state index in [0.717, 1.165) is 22.6 Å². The molecule has 0 radical (unpaired) electrons. The van der Waals surface area contributed by atoms with Crippen LogP contribution < -0.4 is 0 Å². The SMILES string of the molecule is COC(=O)[C@H]([C@@H](C)O)[C@@H]1c2ccccc2CCN1O. The van der Waals surface area contributed by atoms with Gasteiger partial charge in [-0.25, -0.2) is 0 Å². The largest absolute Gasteiger partial charge is 0.469 e. The first-order valence-electron chi connectivity index (χ1n) is 6.35. The van der Waals surface area contributed by atoms with Gasteiger partial charge in [0, 0.05) is 6.54 Å². The lowest BCUT2D eigenvalue weighted by atomic mass is 9.83. The molecule has 1 aliphatic rings. The molecule has 3 atom stereocenters. The molecule has 5 heteroatoms. The molecule has 0 saturated carbocycles. The number of carbonyl (C=O) groups is 1. The molecule has 2 rings (SSSR count). The van der Waals surface area contributed by atoms with E-state index in [4.69, 9.17) is 4.74 Å². The molecule has 0 amide bonds. The van der Waals surface area contributed by atoms with Crippen LogP contribution >= 0.6 is 0 Å². The smallest absolute Gasteiger partial charge is 0.313 e. The molecule has 1 heterocycles. The van der Waals surface area contributed by atoms with Gasteiger partial charge in [-0.2, -0.15) is 5.06 Å². The van der Waals surface area contributed by atoms with Crippen LogP contribution in [0.3, 0.4) is 0 Å². The average Bonchev–Trinajstić information content (AvgIpc) is 2.41. The second-order valence-electron chi connectivity index (χ2n) is 4.85. The quantitative estimate of drug-likeness (QED) is 0.802. The van der Waals surface area contributed by atoms with Crippen LogP contribution in [0.15, 0.2) is 24.3 Å². The van der Waals surface area contributed by atoms with E-state index < -0.39 is 24.0 Å². The molecule has 0 aromatic heterocycles. The molecular weight excluding hydrogens is 246 g/mol. The van der Waals surface area contributed by atoms with Crippen LogP contribution in [0.1, 0.15) is 24.1 Å². The van der Waals surface area contributed by atoms with E-state index in [9.17, 15) is 15.1 Å². The summed E-state index contributed by atoms with van der Waals surface area (Å²) in [4.78, 5) is 11.9. The molecule has 104 valence electrons. The summed E-state index contributed by atoms with van der Waals surface area (Å²) < 4.78 is 4.75. The Morgan fingerprint density at radius 2 is 2.16 bits per heavy atom. The van der Waals surface area contributed by atoms with Gasteiger partial charge >= 0.3 is 5.97 Å². The second kappa shape index (κ2) is 5.69. The Bertz CT molecular complexity index is 461. The number of aliphatic hydroxyl groups excluding tert-OH is 1. The van der Waals surface area contributed by atoms with Gasteiger partial charge in [0.1, 0.15) is 5.92 Å². The van der Waals surface area contributed by atoms with Gasteiger partial charge in [0.25, 0.3) is 0 Å². The number of carbonyl (C=O) groups excluding carboxylic acids is 1. The Labute approximate surface area is 112 Å². The standard InChI is InChI=1S/C14H19NO4/c1-9(16)12(14(17)19-2)13-11-6-4-3-5-10(11)7-8-15(13)18/h3-6,9,12-13,16,18H,7-8H2,1-2H3/t9-,12-,13+/m1/s1. The number of hydroxylamine groups is 2. The fourth-order valence-corrected chi connectivity index (χ4v) is 2.69. The van der Waals surface area contributed by atoms with Crippen molar-refractivity contribution in [2.24, 2.45) is 5.92 Å². The first-order valence-corrected chi connectivity index (χ1v) is 6.35. The van der Waals surface area contributed by atoms with Crippen molar-refractivity contribution in [2.45, 2.75) is 25.5 Å². The van der Waals surface area contributed by atoms with Crippen molar-refractivity contribution >= 4 is 5.97 Å². The van der Waals surface area contributed by atoms with Gasteiger partial charge in [-0.3, -0.25) is 4.79 Å². The lowest BCUT2D eigenvalue weighted by molar-refractivity contribution is -0.180. The Hall–Kier alpha value is -1.43. The number of hydrogen-bond acceptors (Lipinski definition) is 5. The summed E-state index contributed by atoms with van der Waals surface area (Å²) in [5.41, 5.74) is 1.96. The van der Waals surface area contributed by atoms with E-state index in [1.807, 2.05) is 24.3 Å². The number of rotatable bonds is 3. The van der Waals surface area contributed by atoms with Gasteiger partial charge in [0.2, 0.25) is 0 Å². The zero-order valence-corrected chi connectivity index (χ0v) is 11.1. The molecule has 0 spiro atoms. The van der Waals surface area contributed by atoms with Crippen LogP contribution in [-0.2, 0) is 16.0 Å². The molecule has 1 aromatic carbocycles. The van der Waals surface area contributed by atoms with Crippen molar-refractivity contribution in [1.29, 1.82) is 0 Å². The average molecular weight is 265 g/mol. The summed E-state index contributed by atoms with van der Waals surface area (Å²) >= 11 is 0. The van der Waals surface area contributed by atoms with Crippen LogP contribution in [0.5, 0.6) is 0 Å². The highest BCUT2D eigenvalue weighted by atomic mass is 16.5. The maximum atomic E-state index is 11.9. The minimum Gasteiger partial charge on any atom is -0.469 e. The first-order chi connectivity index (χ1) is 9.06. The number of methoxy groups -OCH3 is 1. The highest BCUT2D eigenvalue weighted by Gasteiger charge is 2.40. The normalized spacial score (nSPS) is 22.4. The monoisotopic (exact) mass is 265 g/mol. The molecule has 0 fully saturated rings. The molecular formula is C14H19NO4. The molecule has 1 aliphatic heterocycles. The molecule has 0 saturated heterocycles. The third kappa shape index (κ3) is 2.63. The highest BCUT2D eigenvalue weighted by Crippen LogP contribution is 2.36. The second-order valence-corrected chi connectivity index (χ2v) is 4.85. The minimum absolute atomic E-state index is 0.432. The lowest BCUT2D eigenvalue weighted by Gasteiger charge is -2.37. The van der Waals surface area contributed by atoms with Crippen LogP contribution in [0.2, 0.25) is 0 Å². The number of nitrogens with zero attached hydrogens (tertiary/aromatic N) is 1. The van der Waals surface area contributed by atoms with Crippen LogP contribution in [0.25, 0.3) is 0 Å². The number of aliphatic hydroxyl groups is 1. The molecule has 0 bridgehead atoms. The molecule has 0 aliphatic carbocycles. The zero-order chi connectivity index (χ0) is 14.0. The maximum absolute atomic E-state index is 11.9. The van der Waals surface area contributed by atoms with E-state index in [0.29, 0.717) is 6.54 Å². The van der Waals surface area contributed by atoms with Crippen molar-refractivity contribution in [2.75, 3.05) is 13.7 Å². The predicted molar refractivity (Wildman–Crippen MR) is 68.6 cm³/mol. The number of esters is 1. The molecule has 1 aromatic rings. The Balaban J connectivity index is 2.43. The maximum Gasteiger partial charge on any atom is 0.313 e. The Kier molecular flexibility index (Phi) is 4.19. The molecule has 5 nitrogen and oxygen atoms in total. The number of hydrogen-bond donors (Lipinski definition) is 2. The highest BCUT2D eigenvalue weighted by molar-refractivity contribution is 5.74. The first kappa shape index (κ1) is 14.0. The van der Waals surface area contributed by atoms with Crippen molar-refractivity contribution < 1.29 is 19.8 Å². The van der Waals surface area contributed by atoms with Crippen molar-refractivity contribution in [3.63, 3.8) is 0 Å². The zero-order valence-electron chi connectivity index (χ0n) is 11.1. The molecule has 2 N–H and O–H groups in total. The van der Waals surface area contributed by atoms with Gasteiger partial charge in [0.05, 0.1) is 19.3 Å².